The Morgan fingerprint density at radius 3 is 3.00 bits per heavy atom. The van der Waals surface area contributed by atoms with Crippen molar-refractivity contribution < 1.29 is 19.4 Å². The maximum absolute atomic E-state index is 12.0. The predicted molar refractivity (Wildman–Crippen MR) is 69.3 cm³/mol. The van der Waals surface area contributed by atoms with E-state index in [-0.39, 0.29) is 6.42 Å². The van der Waals surface area contributed by atoms with Crippen molar-refractivity contribution in [3.05, 3.63) is 42.0 Å². The molecule has 5 heteroatoms. The molecule has 1 heterocycles. The minimum absolute atomic E-state index is 0.190. The van der Waals surface area contributed by atoms with Crippen LogP contribution in [0.2, 0.25) is 0 Å². The first-order valence-corrected chi connectivity index (χ1v) is 6.02. The second-order valence-electron chi connectivity index (χ2n) is 4.31. The number of aliphatic carboxylic acids is 1. The maximum Gasteiger partial charge on any atom is 0.326 e. The Kier molecular flexibility index (Phi) is 3.85. The Bertz CT molecular complexity index is 524. The van der Waals surface area contributed by atoms with Crippen molar-refractivity contribution in [3.8, 4) is 5.75 Å². The van der Waals surface area contributed by atoms with E-state index < -0.39 is 17.9 Å². The normalized spacial score (nSPS) is 14.1. The Morgan fingerprint density at radius 2 is 2.32 bits per heavy atom. The van der Waals surface area contributed by atoms with Crippen molar-refractivity contribution in [1.29, 1.82) is 0 Å². The summed E-state index contributed by atoms with van der Waals surface area (Å²) in [6, 6.07) is 4.16. The molecule has 1 aromatic carbocycles. The number of hydrogen-bond donors (Lipinski definition) is 2. The first-order chi connectivity index (χ1) is 9.11. The van der Waals surface area contributed by atoms with Gasteiger partial charge in [0.05, 0.1) is 6.61 Å². The van der Waals surface area contributed by atoms with Gasteiger partial charge in [0.1, 0.15) is 11.8 Å². The van der Waals surface area contributed by atoms with E-state index in [0.717, 1.165) is 17.7 Å². The Morgan fingerprint density at radius 1 is 1.53 bits per heavy atom. The van der Waals surface area contributed by atoms with E-state index in [4.69, 9.17) is 9.84 Å². The molecular formula is C14H15NO4. The number of hydrogen-bond acceptors (Lipinski definition) is 3. The summed E-state index contributed by atoms with van der Waals surface area (Å²) in [6.45, 7) is 4.10. The van der Waals surface area contributed by atoms with Crippen LogP contribution >= 0.6 is 0 Å². The van der Waals surface area contributed by atoms with E-state index in [1.54, 1.807) is 18.2 Å². The zero-order valence-corrected chi connectivity index (χ0v) is 10.4. The van der Waals surface area contributed by atoms with Crippen molar-refractivity contribution in [1.82, 2.24) is 5.32 Å². The molecule has 19 heavy (non-hydrogen) atoms. The van der Waals surface area contributed by atoms with Gasteiger partial charge in [-0.3, -0.25) is 4.79 Å². The summed E-state index contributed by atoms with van der Waals surface area (Å²) in [4.78, 5) is 22.9. The molecule has 0 fully saturated rings. The number of carboxylic acids is 1. The lowest BCUT2D eigenvalue weighted by atomic mass is 10.1. The molecule has 5 nitrogen and oxygen atoms in total. The lowest BCUT2D eigenvalue weighted by molar-refractivity contribution is -0.139. The fourth-order valence-corrected chi connectivity index (χ4v) is 1.96. The molecule has 0 saturated heterocycles. The minimum atomic E-state index is -1.07. The Labute approximate surface area is 110 Å². The number of carbonyl (C=O) groups is 2. The van der Waals surface area contributed by atoms with Crippen LogP contribution in [-0.4, -0.2) is 29.6 Å². The lowest BCUT2D eigenvalue weighted by Crippen LogP contribution is -2.40. The van der Waals surface area contributed by atoms with Gasteiger partial charge in [-0.15, -0.1) is 6.58 Å². The van der Waals surface area contributed by atoms with E-state index in [9.17, 15) is 9.59 Å². The third-order valence-corrected chi connectivity index (χ3v) is 2.96. The molecule has 2 N–H and O–H groups in total. The molecule has 1 unspecified atom stereocenters. The maximum atomic E-state index is 12.0. The number of amides is 1. The predicted octanol–water partition coefficient (Wildman–Crippen LogP) is 1.38. The van der Waals surface area contributed by atoms with Crippen LogP contribution in [-0.2, 0) is 11.2 Å². The molecule has 2 rings (SSSR count). The van der Waals surface area contributed by atoms with Crippen LogP contribution in [0.15, 0.2) is 30.9 Å². The quantitative estimate of drug-likeness (QED) is 0.785. The zero-order chi connectivity index (χ0) is 13.8. The van der Waals surface area contributed by atoms with Gasteiger partial charge in [0.25, 0.3) is 5.91 Å². The summed E-state index contributed by atoms with van der Waals surface area (Å²) >= 11 is 0. The first-order valence-electron chi connectivity index (χ1n) is 6.02. The van der Waals surface area contributed by atoms with E-state index in [2.05, 4.69) is 11.9 Å². The molecule has 0 radical (unpaired) electrons. The minimum Gasteiger partial charge on any atom is -0.493 e. The molecule has 0 aromatic heterocycles. The number of ether oxygens (including phenoxy) is 1. The molecule has 0 bridgehead atoms. The van der Waals surface area contributed by atoms with Crippen LogP contribution in [0.4, 0.5) is 0 Å². The third kappa shape index (κ3) is 2.93. The van der Waals surface area contributed by atoms with Gasteiger partial charge in [-0.2, -0.15) is 0 Å². The van der Waals surface area contributed by atoms with Crippen molar-refractivity contribution in [2.45, 2.75) is 18.9 Å². The van der Waals surface area contributed by atoms with Crippen LogP contribution in [0.1, 0.15) is 22.3 Å². The van der Waals surface area contributed by atoms with E-state index >= 15 is 0 Å². The average Bonchev–Trinajstić information content (AvgIpc) is 2.85. The largest absolute Gasteiger partial charge is 0.493 e. The van der Waals surface area contributed by atoms with E-state index in [1.165, 1.54) is 6.08 Å². The SMILES string of the molecule is C=CCC(NC(=O)c1ccc2c(c1)CCO2)C(=O)O. The van der Waals surface area contributed by atoms with Gasteiger partial charge < -0.3 is 15.2 Å². The monoisotopic (exact) mass is 261 g/mol. The summed E-state index contributed by atoms with van der Waals surface area (Å²) in [5.41, 5.74) is 1.42. The molecule has 1 aliphatic rings. The number of nitrogens with one attached hydrogen (secondary N) is 1. The number of carbonyl (C=O) groups excluding carboxylic acids is 1. The van der Waals surface area contributed by atoms with Gasteiger partial charge in [0.15, 0.2) is 0 Å². The highest BCUT2D eigenvalue weighted by Crippen LogP contribution is 2.25. The topological polar surface area (TPSA) is 75.6 Å². The average molecular weight is 261 g/mol. The van der Waals surface area contributed by atoms with Gasteiger partial charge in [0.2, 0.25) is 0 Å². The third-order valence-electron chi connectivity index (χ3n) is 2.96. The highest BCUT2D eigenvalue weighted by molar-refractivity contribution is 5.97. The van der Waals surface area contributed by atoms with Gasteiger partial charge in [-0.1, -0.05) is 6.08 Å². The molecule has 0 saturated carbocycles. The number of carboxylic acid groups (broad SMARTS) is 1. The van der Waals surface area contributed by atoms with Crippen LogP contribution in [0, 0.1) is 0 Å². The Balaban J connectivity index is 2.11. The fourth-order valence-electron chi connectivity index (χ4n) is 1.96. The zero-order valence-electron chi connectivity index (χ0n) is 10.4. The molecule has 1 amide bonds. The highest BCUT2D eigenvalue weighted by atomic mass is 16.5. The molecule has 0 spiro atoms. The summed E-state index contributed by atoms with van der Waals surface area (Å²) < 4.78 is 5.35. The van der Waals surface area contributed by atoms with Crippen LogP contribution in [0.25, 0.3) is 0 Å². The summed E-state index contributed by atoms with van der Waals surface area (Å²) in [5.74, 6) is -0.681. The molecule has 100 valence electrons. The van der Waals surface area contributed by atoms with Crippen molar-refractivity contribution in [2.75, 3.05) is 6.61 Å². The van der Waals surface area contributed by atoms with E-state index in [1.807, 2.05) is 0 Å². The second kappa shape index (κ2) is 5.56. The van der Waals surface area contributed by atoms with Gasteiger partial charge >= 0.3 is 5.97 Å². The Hall–Kier alpha value is -2.30. The smallest absolute Gasteiger partial charge is 0.326 e. The van der Waals surface area contributed by atoms with Gasteiger partial charge in [-0.25, -0.2) is 4.79 Å². The van der Waals surface area contributed by atoms with Crippen molar-refractivity contribution >= 4 is 11.9 Å². The molecule has 1 atom stereocenters. The summed E-state index contributed by atoms with van der Waals surface area (Å²) in [6.07, 6.45) is 2.43. The van der Waals surface area contributed by atoms with Crippen molar-refractivity contribution in [3.63, 3.8) is 0 Å². The highest BCUT2D eigenvalue weighted by Gasteiger charge is 2.20. The lowest BCUT2D eigenvalue weighted by Gasteiger charge is -2.12. The van der Waals surface area contributed by atoms with Crippen molar-refractivity contribution in [2.24, 2.45) is 0 Å². The van der Waals surface area contributed by atoms with Crippen LogP contribution < -0.4 is 10.1 Å². The van der Waals surface area contributed by atoms with Crippen LogP contribution in [0.3, 0.4) is 0 Å². The molecular weight excluding hydrogens is 246 g/mol. The summed E-state index contributed by atoms with van der Waals surface area (Å²) in [7, 11) is 0. The van der Waals surface area contributed by atoms with Gasteiger partial charge in [0, 0.05) is 12.0 Å². The number of fused-ring (bicyclic) bond motifs is 1. The molecule has 0 aliphatic carbocycles. The summed E-state index contributed by atoms with van der Waals surface area (Å²) in [5, 5.41) is 11.4. The van der Waals surface area contributed by atoms with Gasteiger partial charge in [-0.05, 0) is 30.2 Å². The second-order valence-corrected chi connectivity index (χ2v) is 4.31. The fraction of sp³-hybridized carbons (Fsp3) is 0.286. The first kappa shape index (κ1) is 13.1. The number of rotatable bonds is 5. The number of benzene rings is 1. The molecule has 1 aromatic rings. The molecule has 1 aliphatic heterocycles. The standard InChI is InChI=1S/C14H15NO4/c1-2-3-11(14(17)18)15-13(16)10-4-5-12-9(8-10)6-7-19-12/h2,4-5,8,11H,1,3,6-7H2,(H,15,16)(H,17,18). The van der Waals surface area contributed by atoms with E-state index in [0.29, 0.717) is 12.2 Å². The van der Waals surface area contributed by atoms with Crippen LogP contribution in [0.5, 0.6) is 5.75 Å².